The molecule has 2 aromatic heterocycles. The second kappa shape index (κ2) is 8.75. The van der Waals surface area contributed by atoms with Crippen LogP contribution in [0.5, 0.6) is 17.2 Å². The van der Waals surface area contributed by atoms with Gasteiger partial charge < -0.3 is 30.2 Å². The predicted molar refractivity (Wildman–Crippen MR) is 122 cm³/mol. The fraction of sp³-hybridized carbons (Fsp3) is 0.286. The first-order valence-electron chi connectivity index (χ1n) is 9.65. The number of aromatic nitrogens is 1. The standard InChI is InChI=1S/C21H21N3O6S2/c1-29-13-5-10-3-4-24(8-11(10)6-14(13)30-2)16(27)9-31-21-17(20(22)28)18-19(32-21)12(25)7-15(26)23-18/h5-7H,3-4,8-9H2,1-2H3,(H2,22,28)(H2,23,25,26). The van der Waals surface area contributed by atoms with Crippen molar-refractivity contribution in [2.24, 2.45) is 5.73 Å². The first-order chi connectivity index (χ1) is 15.3. The number of thioether (sulfide) groups is 1. The number of nitrogens with one attached hydrogen (secondary N) is 1. The summed E-state index contributed by atoms with van der Waals surface area (Å²) in [6.07, 6.45) is 0.691. The molecule has 0 fully saturated rings. The number of carbonyl (C=O) groups excluding carboxylic acids is 2. The minimum Gasteiger partial charge on any atom is -0.506 e. The lowest BCUT2D eigenvalue weighted by molar-refractivity contribution is -0.129. The van der Waals surface area contributed by atoms with E-state index in [-0.39, 0.29) is 28.5 Å². The van der Waals surface area contributed by atoms with Crippen LogP contribution >= 0.6 is 23.1 Å². The van der Waals surface area contributed by atoms with Crippen LogP contribution < -0.4 is 20.8 Å². The highest BCUT2D eigenvalue weighted by atomic mass is 32.2. The van der Waals surface area contributed by atoms with Gasteiger partial charge in [0.15, 0.2) is 11.5 Å². The summed E-state index contributed by atoms with van der Waals surface area (Å²) in [5.74, 6) is 0.292. The van der Waals surface area contributed by atoms with Crippen LogP contribution in [-0.2, 0) is 17.8 Å². The van der Waals surface area contributed by atoms with Crippen molar-refractivity contribution in [3.8, 4) is 17.2 Å². The second-order valence-electron chi connectivity index (χ2n) is 7.18. The van der Waals surface area contributed by atoms with Crippen molar-refractivity contribution in [3.63, 3.8) is 0 Å². The second-order valence-corrected chi connectivity index (χ2v) is 9.45. The van der Waals surface area contributed by atoms with E-state index in [9.17, 15) is 19.5 Å². The van der Waals surface area contributed by atoms with Crippen LogP contribution in [0.1, 0.15) is 21.5 Å². The highest BCUT2D eigenvalue weighted by Crippen LogP contribution is 2.40. The Bertz CT molecular complexity index is 1280. The number of methoxy groups -OCH3 is 2. The van der Waals surface area contributed by atoms with Crippen molar-refractivity contribution in [1.29, 1.82) is 0 Å². The molecule has 32 heavy (non-hydrogen) atoms. The first-order valence-corrected chi connectivity index (χ1v) is 11.5. The van der Waals surface area contributed by atoms with E-state index in [4.69, 9.17) is 15.2 Å². The van der Waals surface area contributed by atoms with E-state index >= 15 is 0 Å². The summed E-state index contributed by atoms with van der Waals surface area (Å²) < 4.78 is 11.5. The maximum absolute atomic E-state index is 12.9. The Morgan fingerprint density at radius 3 is 2.56 bits per heavy atom. The number of thiophene rings is 1. The molecule has 0 saturated heterocycles. The van der Waals surface area contributed by atoms with Crippen LogP contribution in [0.2, 0.25) is 0 Å². The number of H-pyrrole nitrogens is 1. The van der Waals surface area contributed by atoms with E-state index in [1.165, 1.54) is 0 Å². The number of amides is 2. The molecule has 11 heteroatoms. The Kier molecular flexibility index (Phi) is 6.02. The van der Waals surface area contributed by atoms with Gasteiger partial charge >= 0.3 is 0 Å². The zero-order valence-electron chi connectivity index (χ0n) is 17.4. The average Bonchev–Trinajstić information content (AvgIpc) is 3.14. The lowest BCUT2D eigenvalue weighted by Gasteiger charge is -2.29. The van der Waals surface area contributed by atoms with Crippen LogP contribution in [0.3, 0.4) is 0 Å². The summed E-state index contributed by atoms with van der Waals surface area (Å²) in [6, 6.07) is 4.86. The van der Waals surface area contributed by atoms with Crippen molar-refractivity contribution in [1.82, 2.24) is 9.88 Å². The highest BCUT2D eigenvalue weighted by molar-refractivity contribution is 8.02. The molecule has 3 heterocycles. The Balaban J connectivity index is 1.53. The summed E-state index contributed by atoms with van der Waals surface area (Å²) >= 11 is 2.28. The van der Waals surface area contributed by atoms with Gasteiger partial charge in [0.25, 0.3) is 11.5 Å². The van der Waals surface area contributed by atoms with Crippen molar-refractivity contribution in [3.05, 3.63) is 45.2 Å². The van der Waals surface area contributed by atoms with E-state index in [0.29, 0.717) is 39.9 Å². The summed E-state index contributed by atoms with van der Waals surface area (Å²) in [7, 11) is 3.16. The molecule has 0 spiro atoms. The molecular weight excluding hydrogens is 454 g/mol. The predicted octanol–water partition coefficient (Wildman–Crippen LogP) is 2.09. The van der Waals surface area contributed by atoms with Crippen LogP contribution in [0, 0.1) is 0 Å². The fourth-order valence-electron chi connectivity index (χ4n) is 3.70. The third kappa shape index (κ3) is 4.00. The summed E-state index contributed by atoms with van der Waals surface area (Å²) in [4.78, 5) is 40.9. The van der Waals surface area contributed by atoms with Crippen molar-refractivity contribution in [2.75, 3.05) is 26.5 Å². The molecule has 0 unspecified atom stereocenters. The number of nitrogens with zero attached hydrogens (tertiary/aromatic N) is 1. The highest BCUT2D eigenvalue weighted by Gasteiger charge is 2.25. The summed E-state index contributed by atoms with van der Waals surface area (Å²) in [5, 5.41) is 10.1. The smallest absolute Gasteiger partial charge is 0.252 e. The lowest BCUT2D eigenvalue weighted by Crippen LogP contribution is -2.37. The van der Waals surface area contributed by atoms with Crippen molar-refractivity contribution >= 4 is 45.1 Å². The number of aromatic amines is 1. The third-order valence-corrected chi connectivity index (χ3v) is 7.74. The third-order valence-electron chi connectivity index (χ3n) is 5.27. The number of fused-ring (bicyclic) bond motifs is 2. The molecule has 168 valence electrons. The van der Waals surface area contributed by atoms with Gasteiger partial charge in [-0.1, -0.05) is 0 Å². The molecule has 4 rings (SSSR count). The number of aromatic hydroxyl groups is 1. The maximum atomic E-state index is 12.9. The summed E-state index contributed by atoms with van der Waals surface area (Å²) in [5.41, 5.74) is 7.38. The number of carbonyl (C=O) groups is 2. The quantitative estimate of drug-likeness (QED) is 0.465. The Hall–Kier alpha value is -3.18. The molecule has 1 aliphatic heterocycles. The van der Waals surface area contributed by atoms with E-state index in [0.717, 1.165) is 40.3 Å². The van der Waals surface area contributed by atoms with Crippen LogP contribution in [0.25, 0.3) is 10.2 Å². The minimum absolute atomic E-state index is 0.0840. The molecule has 0 saturated carbocycles. The lowest BCUT2D eigenvalue weighted by atomic mass is 9.99. The molecule has 9 nitrogen and oxygen atoms in total. The van der Waals surface area contributed by atoms with Gasteiger partial charge in [0, 0.05) is 19.2 Å². The molecule has 1 aromatic carbocycles. The Morgan fingerprint density at radius 1 is 1.22 bits per heavy atom. The molecule has 0 atom stereocenters. The topological polar surface area (TPSA) is 135 Å². The van der Waals surface area contributed by atoms with E-state index < -0.39 is 11.5 Å². The average molecular weight is 476 g/mol. The molecule has 0 aliphatic carbocycles. The molecule has 0 radical (unpaired) electrons. The van der Waals surface area contributed by atoms with Gasteiger partial charge in [-0.05, 0) is 29.7 Å². The van der Waals surface area contributed by atoms with E-state index in [1.54, 1.807) is 19.1 Å². The number of benzene rings is 1. The van der Waals surface area contributed by atoms with Crippen LogP contribution in [0.4, 0.5) is 0 Å². The minimum atomic E-state index is -0.736. The molecule has 0 bridgehead atoms. The Labute approximate surface area is 191 Å². The number of ether oxygens (including phenoxy) is 2. The largest absolute Gasteiger partial charge is 0.506 e. The maximum Gasteiger partial charge on any atom is 0.252 e. The zero-order valence-corrected chi connectivity index (χ0v) is 19.0. The van der Waals surface area contributed by atoms with Gasteiger partial charge in [-0.25, -0.2) is 0 Å². The van der Waals surface area contributed by atoms with Crippen molar-refractivity contribution < 1.29 is 24.2 Å². The summed E-state index contributed by atoms with van der Waals surface area (Å²) in [6.45, 7) is 1.00. The number of nitrogens with two attached hydrogens (primary N) is 1. The number of primary amides is 1. The fourth-order valence-corrected chi connectivity index (χ4v) is 6.05. The molecular formula is C21H21N3O6S2. The van der Waals surface area contributed by atoms with Crippen LogP contribution in [-0.4, -0.2) is 53.3 Å². The van der Waals surface area contributed by atoms with E-state index in [1.807, 2.05) is 12.1 Å². The first kappa shape index (κ1) is 22.0. The van der Waals surface area contributed by atoms with E-state index in [2.05, 4.69) is 4.98 Å². The molecule has 4 N–H and O–H groups in total. The number of hydrogen-bond acceptors (Lipinski definition) is 8. The SMILES string of the molecule is COc1cc2c(cc1OC)CN(C(=O)CSc1sc3c(O)cc(=O)[nH]c3c1C(N)=O)CC2. The van der Waals surface area contributed by atoms with Gasteiger partial charge in [-0.15, -0.1) is 23.1 Å². The Morgan fingerprint density at radius 2 is 1.91 bits per heavy atom. The van der Waals surface area contributed by atoms with Crippen LogP contribution in [0.15, 0.2) is 27.2 Å². The van der Waals surface area contributed by atoms with Crippen molar-refractivity contribution in [2.45, 2.75) is 17.2 Å². The number of pyridine rings is 1. The number of rotatable bonds is 6. The van der Waals surface area contributed by atoms with Gasteiger partial charge in [0.05, 0.1) is 40.0 Å². The molecule has 2 amide bonds. The molecule has 1 aliphatic rings. The van der Waals surface area contributed by atoms with Gasteiger partial charge in [-0.2, -0.15) is 0 Å². The normalized spacial score (nSPS) is 13.1. The number of hydrogen-bond donors (Lipinski definition) is 3. The monoisotopic (exact) mass is 475 g/mol. The van der Waals surface area contributed by atoms with Gasteiger partial charge in [0.2, 0.25) is 5.91 Å². The van der Waals surface area contributed by atoms with Gasteiger partial charge in [0.1, 0.15) is 5.75 Å². The molecule has 3 aromatic rings. The van der Waals surface area contributed by atoms with Gasteiger partial charge in [-0.3, -0.25) is 14.4 Å². The zero-order chi connectivity index (χ0) is 23.0.